The molecular formula is C10H10BrF3O. The van der Waals surface area contributed by atoms with E-state index in [-0.39, 0.29) is 6.10 Å². The molecule has 1 rings (SSSR count). The summed E-state index contributed by atoms with van der Waals surface area (Å²) in [4.78, 5) is 0. The monoisotopic (exact) mass is 282 g/mol. The number of hydrogen-bond acceptors (Lipinski definition) is 1. The smallest absolute Gasteiger partial charge is 0.376 e. The van der Waals surface area contributed by atoms with Crippen LogP contribution in [0.5, 0.6) is 0 Å². The molecule has 0 saturated carbocycles. The third-order valence-corrected chi connectivity index (χ3v) is 2.60. The molecule has 84 valence electrons. The molecule has 0 bridgehead atoms. The molecule has 5 heteroatoms. The largest absolute Gasteiger partial charge is 0.416 e. The number of methoxy groups -OCH3 is 1. The fraction of sp³-hybridized carbons (Fsp3) is 0.400. The van der Waals surface area contributed by atoms with Crippen molar-refractivity contribution in [2.45, 2.75) is 12.3 Å². The highest BCUT2D eigenvalue weighted by Gasteiger charge is 2.30. The van der Waals surface area contributed by atoms with Crippen molar-refractivity contribution >= 4 is 15.9 Å². The van der Waals surface area contributed by atoms with Crippen LogP contribution >= 0.6 is 15.9 Å². The summed E-state index contributed by atoms with van der Waals surface area (Å²) in [5.41, 5.74) is -0.132. The first kappa shape index (κ1) is 12.5. The summed E-state index contributed by atoms with van der Waals surface area (Å²) in [6.07, 6.45) is -4.66. The Hall–Kier alpha value is -0.550. The van der Waals surface area contributed by atoms with Gasteiger partial charge in [0.2, 0.25) is 0 Å². The predicted molar refractivity (Wildman–Crippen MR) is 55.0 cm³/mol. The van der Waals surface area contributed by atoms with Gasteiger partial charge < -0.3 is 4.74 Å². The SMILES string of the molecule is COC(CBr)c1cccc(C(F)(F)F)c1. The molecule has 0 aromatic heterocycles. The van der Waals surface area contributed by atoms with Crippen molar-refractivity contribution < 1.29 is 17.9 Å². The van der Waals surface area contributed by atoms with Crippen molar-refractivity contribution in [3.05, 3.63) is 35.4 Å². The summed E-state index contributed by atoms with van der Waals surface area (Å²) in [5, 5.41) is 0.463. The molecule has 0 amide bonds. The van der Waals surface area contributed by atoms with Crippen LogP contribution in [0.2, 0.25) is 0 Å². The Morgan fingerprint density at radius 1 is 1.40 bits per heavy atom. The summed E-state index contributed by atoms with van der Waals surface area (Å²) in [7, 11) is 1.46. The van der Waals surface area contributed by atoms with E-state index in [0.29, 0.717) is 10.9 Å². The van der Waals surface area contributed by atoms with Gasteiger partial charge >= 0.3 is 6.18 Å². The highest BCUT2D eigenvalue weighted by molar-refractivity contribution is 9.09. The molecule has 0 fully saturated rings. The van der Waals surface area contributed by atoms with Gasteiger partial charge in [-0.15, -0.1) is 0 Å². The zero-order valence-electron chi connectivity index (χ0n) is 8.01. The summed E-state index contributed by atoms with van der Waals surface area (Å²) in [6.45, 7) is 0. The second-order valence-corrected chi connectivity index (χ2v) is 3.65. The lowest BCUT2D eigenvalue weighted by atomic mass is 10.1. The van der Waals surface area contributed by atoms with Gasteiger partial charge in [-0.05, 0) is 17.7 Å². The molecule has 0 radical (unpaired) electrons. The van der Waals surface area contributed by atoms with Gasteiger partial charge in [-0.3, -0.25) is 0 Å². The number of alkyl halides is 4. The molecule has 0 aliphatic carbocycles. The molecule has 0 heterocycles. The molecule has 15 heavy (non-hydrogen) atoms. The fourth-order valence-electron chi connectivity index (χ4n) is 1.20. The molecule has 0 spiro atoms. The first-order chi connectivity index (χ1) is 6.99. The Morgan fingerprint density at radius 2 is 2.07 bits per heavy atom. The van der Waals surface area contributed by atoms with Crippen molar-refractivity contribution in [3.63, 3.8) is 0 Å². The molecule has 1 atom stereocenters. The lowest BCUT2D eigenvalue weighted by molar-refractivity contribution is -0.137. The summed E-state index contributed by atoms with van der Waals surface area (Å²) >= 11 is 3.18. The van der Waals surface area contributed by atoms with E-state index in [4.69, 9.17) is 4.74 Å². The van der Waals surface area contributed by atoms with E-state index in [1.807, 2.05) is 0 Å². The highest BCUT2D eigenvalue weighted by Crippen LogP contribution is 2.31. The third-order valence-electron chi connectivity index (χ3n) is 2.01. The first-order valence-corrected chi connectivity index (χ1v) is 5.37. The number of halogens is 4. The van der Waals surface area contributed by atoms with Gasteiger partial charge in [-0.2, -0.15) is 13.2 Å². The van der Waals surface area contributed by atoms with Crippen molar-refractivity contribution in [3.8, 4) is 0 Å². The molecule has 0 saturated heterocycles. The van der Waals surface area contributed by atoms with E-state index in [2.05, 4.69) is 15.9 Å². The Morgan fingerprint density at radius 3 is 2.53 bits per heavy atom. The van der Waals surface area contributed by atoms with E-state index < -0.39 is 11.7 Å². The Bertz CT molecular complexity index is 321. The molecular weight excluding hydrogens is 273 g/mol. The second-order valence-electron chi connectivity index (χ2n) is 3.00. The van der Waals surface area contributed by atoms with Gasteiger partial charge in [0, 0.05) is 12.4 Å². The van der Waals surface area contributed by atoms with Crippen LogP contribution in [0.1, 0.15) is 17.2 Å². The number of ether oxygens (including phenoxy) is 1. The second kappa shape index (κ2) is 4.99. The average molecular weight is 283 g/mol. The zero-order valence-corrected chi connectivity index (χ0v) is 9.60. The quantitative estimate of drug-likeness (QED) is 0.767. The van der Waals surface area contributed by atoms with Crippen LogP contribution < -0.4 is 0 Å². The summed E-state index contributed by atoms with van der Waals surface area (Å²) in [6, 6.07) is 5.15. The molecule has 0 aliphatic heterocycles. The minimum absolute atomic E-state index is 0.354. The van der Waals surface area contributed by atoms with Gasteiger partial charge in [0.05, 0.1) is 11.7 Å². The summed E-state index contributed by atoms with van der Waals surface area (Å²) < 4.78 is 42.2. The van der Waals surface area contributed by atoms with E-state index in [0.717, 1.165) is 12.1 Å². The number of rotatable bonds is 3. The van der Waals surface area contributed by atoms with Gasteiger partial charge in [0.15, 0.2) is 0 Å². The van der Waals surface area contributed by atoms with Crippen molar-refractivity contribution in [1.82, 2.24) is 0 Å². The van der Waals surface area contributed by atoms with Crippen LogP contribution in [0, 0.1) is 0 Å². The van der Waals surface area contributed by atoms with Crippen molar-refractivity contribution in [1.29, 1.82) is 0 Å². The normalized spacial score (nSPS) is 13.9. The number of benzene rings is 1. The Kier molecular flexibility index (Phi) is 4.16. The van der Waals surface area contributed by atoms with Crippen LogP contribution in [0.4, 0.5) is 13.2 Å². The summed E-state index contributed by atoms with van der Waals surface area (Å²) in [5.74, 6) is 0. The lowest BCUT2D eigenvalue weighted by Gasteiger charge is -2.14. The Labute approximate surface area is 94.4 Å². The predicted octanol–water partition coefficient (Wildman–Crippen LogP) is 3.79. The van der Waals surface area contributed by atoms with Gasteiger partial charge in [0.25, 0.3) is 0 Å². The number of hydrogen-bond donors (Lipinski definition) is 0. The van der Waals surface area contributed by atoms with Crippen LogP contribution in [0.3, 0.4) is 0 Å². The third kappa shape index (κ3) is 3.21. The molecule has 1 aromatic carbocycles. The fourth-order valence-corrected chi connectivity index (χ4v) is 1.84. The van der Waals surface area contributed by atoms with Crippen molar-refractivity contribution in [2.75, 3.05) is 12.4 Å². The van der Waals surface area contributed by atoms with E-state index in [9.17, 15) is 13.2 Å². The maximum Gasteiger partial charge on any atom is 0.416 e. The average Bonchev–Trinajstić information content (AvgIpc) is 2.19. The van der Waals surface area contributed by atoms with Gasteiger partial charge in [-0.1, -0.05) is 28.1 Å². The molecule has 1 unspecified atom stereocenters. The molecule has 1 nitrogen and oxygen atoms in total. The zero-order chi connectivity index (χ0) is 11.5. The maximum atomic E-state index is 12.4. The van der Waals surface area contributed by atoms with E-state index in [1.165, 1.54) is 13.2 Å². The van der Waals surface area contributed by atoms with E-state index in [1.54, 1.807) is 6.07 Å². The van der Waals surface area contributed by atoms with Crippen LogP contribution in [0.15, 0.2) is 24.3 Å². The first-order valence-electron chi connectivity index (χ1n) is 4.25. The molecule has 0 N–H and O–H groups in total. The standard InChI is InChI=1S/C10H10BrF3O/c1-15-9(6-11)7-3-2-4-8(5-7)10(12,13)14/h2-5,9H,6H2,1H3. The van der Waals surface area contributed by atoms with E-state index >= 15 is 0 Å². The minimum Gasteiger partial charge on any atom is -0.376 e. The molecule has 0 aliphatic rings. The van der Waals surface area contributed by atoms with Crippen LogP contribution in [-0.4, -0.2) is 12.4 Å². The maximum absolute atomic E-state index is 12.4. The lowest BCUT2D eigenvalue weighted by Crippen LogP contribution is -2.08. The van der Waals surface area contributed by atoms with Crippen molar-refractivity contribution in [2.24, 2.45) is 0 Å². The van der Waals surface area contributed by atoms with Gasteiger partial charge in [0.1, 0.15) is 0 Å². The highest BCUT2D eigenvalue weighted by atomic mass is 79.9. The van der Waals surface area contributed by atoms with Gasteiger partial charge in [-0.25, -0.2) is 0 Å². The van der Waals surface area contributed by atoms with Crippen LogP contribution in [0.25, 0.3) is 0 Å². The topological polar surface area (TPSA) is 9.23 Å². The Balaban J connectivity index is 3.02. The van der Waals surface area contributed by atoms with Crippen LogP contribution in [-0.2, 0) is 10.9 Å². The minimum atomic E-state index is -4.30. The molecule has 1 aromatic rings.